The van der Waals surface area contributed by atoms with E-state index in [1.54, 1.807) is 5.32 Å². The highest BCUT2D eigenvalue weighted by atomic mass is 35.5. The smallest absolute Gasteiger partial charge is 0.460 e. The Morgan fingerprint density at radius 3 is 1.41 bits per heavy atom. The van der Waals surface area contributed by atoms with Crippen LogP contribution in [0.2, 0.25) is 20.1 Å². The lowest BCUT2D eigenvalue weighted by Gasteiger charge is -2.42. The highest BCUT2D eigenvalue weighted by molar-refractivity contribution is 7.88. The van der Waals surface area contributed by atoms with E-state index in [4.69, 9.17) is 46.4 Å². The van der Waals surface area contributed by atoms with Crippen LogP contribution in [0, 0.1) is 0 Å². The van der Waals surface area contributed by atoms with Crippen LogP contribution in [0.25, 0.3) is 0 Å². The van der Waals surface area contributed by atoms with Gasteiger partial charge < -0.3 is 14.6 Å². The molecular weight excluding hydrogens is 871 g/mol. The second kappa shape index (κ2) is 13.2. The van der Waals surface area contributed by atoms with Crippen LogP contribution in [0.4, 0.5) is 80.3 Å². The number of rotatable bonds is 12. The molecule has 0 saturated heterocycles. The fourth-order valence-corrected chi connectivity index (χ4v) is 5.27. The molecule has 29 heteroatoms. The molecule has 288 valence electrons. The average Bonchev–Trinajstić information content (AvgIpc) is 2.96. The minimum atomic E-state index is -9.05. The zero-order chi connectivity index (χ0) is 40.5. The van der Waals surface area contributed by atoms with Crippen molar-refractivity contribution in [1.29, 1.82) is 0 Å². The maximum absolute atomic E-state index is 14.4. The van der Waals surface area contributed by atoms with E-state index in [-0.39, 0.29) is 12.1 Å². The number of benzene rings is 2. The van der Waals surface area contributed by atoms with E-state index < -0.39 is 112 Å². The van der Waals surface area contributed by atoms with E-state index in [2.05, 4.69) is 4.18 Å². The molecule has 2 rings (SSSR count). The van der Waals surface area contributed by atoms with E-state index in [0.717, 1.165) is 0 Å². The number of anilines is 1. The SMILES string of the molecule is O=C(O)c1c(Cl)c(Cl)c(Cl)c(Cl)c1C(=O)Nc1cccc(OS(=O)(=O)C(F)(F)C(F)(F)C(F)(F)C(F)(F)C(F)(F)C(F)(F)C(F)(F)C(F)(F)F)c1. The number of aromatic carboxylic acids is 1. The van der Waals surface area contributed by atoms with E-state index in [1.165, 1.54) is 0 Å². The number of amides is 1. The van der Waals surface area contributed by atoms with Gasteiger partial charge in [0.15, 0.2) is 0 Å². The second-order valence-electron chi connectivity index (χ2n) is 9.29. The summed E-state index contributed by atoms with van der Waals surface area (Å²) in [6.07, 6.45) is -7.98. The Hall–Kier alpha value is -2.90. The van der Waals surface area contributed by atoms with Crippen molar-refractivity contribution >= 4 is 74.1 Å². The fourth-order valence-electron chi connectivity index (χ4n) is 3.35. The van der Waals surface area contributed by atoms with Gasteiger partial charge in [0.1, 0.15) is 5.75 Å². The van der Waals surface area contributed by atoms with Gasteiger partial charge in [0.05, 0.1) is 31.2 Å². The number of nitrogens with one attached hydrogen (secondary N) is 1. The van der Waals surface area contributed by atoms with Crippen LogP contribution in [0.1, 0.15) is 20.7 Å². The molecule has 2 aromatic rings. The number of carboxylic acid groups (broad SMARTS) is 1. The van der Waals surface area contributed by atoms with Crippen molar-refractivity contribution < 1.29 is 102 Å². The molecule has 0 heterocycles. The molecule has 0 radical (unpaired) electrons. The number of carboxylic acids is 1. The van der Waals surface area contributed by atoms with E-state index in [0.29, 0.717) is 12.1 Å². The number of carbonyl (C=O) groups excluding carboxylic acids is 1. The monoisotopic (exact) mass is 875 g/mol. The highest BCUT2D eigenvalue weighted by Gasteiger charge is 2.96. The van der Waals surface area contributed by atoms with Gasteiger partial charge in [0, 0.05) is 11.8 Å². The van der Waals surface area contributed by atoms with Gasteiger partial charge in [-0.2, -0.15) is 83.1 Å². The van der Waals surface area contributed by atoms with Crippen LogP contribution in [-0.4, -0.2) is 72.4 Å². The minimum absolute atomic E-state index is 0.00216. The topological polar surface area (TPSA) is 110 Å². The first-order valence-electron chi connectivity index (χ1n) is 11.6. The summed E-state index contributed by atoms with van der Waals surface area (Å²) in [7, 11) is -8.00. The number of carbonyl (C=O) groups is 2. The molecule has 0 aromatic heterocycles. The van der Waals surface area contributed by atoms with Crippen LogP contribution in [0.3, 0.4) is 0 Å². The lowest BCUT2D eigenvalue weighted by Crippen LogP contribution is -2.75. The summed E-state index contributed by atoms with van der Waals surface area (Å²) < 4.78 is 257. The summed E-state index contributed by atoms with van der Waals surface area (Å²) in [5.74, 6) is -58.3. The molecule has 0 aliphatic heterocycles. The molecule has 7 nitrogen and oxygen atoms in total. The number of hydrogen-bond donors (Lipinski definition) is 2. The van der Waals surface area contributed by atoms with Gasteiger partial charge in [-0.3, -0.25) is 4.79 Å². The summed E-state index contributed by atoms with van der Waals surface area (Å²) >= 11 is 23.0. The summed E-state index contributed by atoms with van der Waals surface area (Å²) in [6.45, 7) is 0. The van der Waals surface area contributed by atoms with Crippen LogP contribution < -0.4 is 9.50 Å². The van der Waals surface area contributed by atoms with E-state index in [1.807, 2.05) is 0 Å². The zero-order valence-electron chi connectivity index (χ0n) is 22.6. The average molecular weight is 877 g/mol. The molecule has 0 spiro atoms. The Balaban J connectivity index is 2.57. The van der Waals surface area contributed by atoms with Crippen molar-refractivity contribution in [3.05, 3.63) is 55.5 Å². The molecule has 0 fully saturated rings. The first kappa shape index (κ1) is 44.3. The van der Waals surface area contributed by atoms with Gasteiger partial charge in [0.2, 0.25) is 0 Å². The molecule has 2 aromatic carbocycles. The predicted molar refractivity (Wildman–Crippen MR) is 138 cm³/mol. The third-order valence-corrected chi connectivity index (χ3v) is 9.11. The Labute approximate surface area is 289 Å². The normalized spacial score (nSPS) is 14.4. The molecule has 0 unspecified atom stereocenters. The van der Waals surface area contributed by atoms with E-state index in [9.17, 15) is 97.8 Å². The van der Waals surface area contributed by atoms with Gasteiger partial charge in [-0.25, -0.2) is 4.79 Å². The van der Waals surface area contributed by atoms with Crippen LogP contribution in [0.5, 0.6) is 5.75 Å². The molecule has 0 saturated carbocycles. The van der Waals surface area contributed by atoms with Gasteiger partial charge in [0.25, 0.3) is 5.91 Å². The Morgan fingerprint density at radius 2 is 1.00 bits per heavy atom. The first-order chi connectivity index (χ1) is 22.4. The summed E-state index contributed by atoms with van der Waals surface area (Å²) in [6, 6.07) is 1.21. The van der Waals surface area contributed by atoms with Crippen molar-refractivity contribution in [2.75, 3.05) is 5.32 Å². The third kappa shape index (κ3) is 6.64. The molecule has 0 aliphatic carbocycles. The number of alkyl halides is 17. The summed E-state index contributed by atoms with van der Waals surface area (Å²) in [5.41, 5.74) is -3.19. The molecular formula is C22H6Cl4F17NO6S. The fraction of sp³-hybridized carbons (Fsp3) is 0.364. The Kier molecular flexibility index (Phi) is 11.5. The first-order valence-corrected chi connectivity index (χ1v) is 14.5. The second-order valence-corrected chi connectivity index (χ2v) is 12.4. The standard InChI is InChI=1S/C22H6Cl4F17NO6S/c23-9-7(8(14(46)47)10(24)12(26)11(9)25)13(45)44-5-2-1-3-6(4-5)50-51(48,49)22(42,43)20(37,38)18(33,34)16(29,30)15(27,28)17(31,32)19(35,36)21(39,40)41/h1-4H,(H,44,45)(H,46,47). The molecule has 0 aliphatic rings. The van der Waals surface area contributed by atoms with Crippen molar-refractivity contribution in [3.8, 4) is 5.75 Å². The third-order valence-electron chi connectivity index (χ3n) is 6.01. The maximum atomic E-state index is 14.4. The van der Waals surface area contributed by atoms with Crippen molar-refractivity contribution in [2.24, 2.45) is 0 Å². The van der Waals surface area contributed by atoms with Crippen LogP contribution in [-0.2, 0) is 10.1 Å². The minimum Gasteiger partial charge on any atom is -0.478 e. The summed E-state index contributed by atoms with van der Waals surface area (Å²) in [4.78, 5) is 24.4. The van der Waals surface area contributed by atoms with Gasteiger partial charge in [-0.1, -0.05) is 52.5 Å². The Bertz CT molecular complexity index is 1860. The number of halogens is 21. The van der Waals surface area contributed by atoms with Crippen LogP contribution in [0.15, 0.2) is 24.3 Å². The Morgan fingerprint density at radius 1 is 0.608 bits per heavy atom. The molecule has 0 bridgehead atoms. The largest absolute Gasteiger partial charge is 0.478 e. The van der Waals surface area contributed by atoms with Gasteiger partial charge in [-0.15, -0.1) is 0 Å². The predicted octanol–water partition coefficient (Wildman–Crippen LogP) is 9.93. The quantitative estimate of drug-likeness (QED) is 0.0952. The maximum Gasteiger partial charge on any atom is 0.460 e. The molecule has 51 heavy (non-hydrogen) atoms. The summed E-state index contributed by atoms with van der Waals surface area (Å²) in [5, 5.41) is -0.163. The van der Waals surface area contributed by atoms with Crippen molar-refractivity contribution in [3.63, 3.8) is 0 Å². The lowest BCUT2D eigenvalue weighted by atomic mass is 9.91. The van der Waals surface area contributed by atoms with E-state index >= 15 is 0 Å². The van der Waals surface area contributed by atoms with Gasteiger partial charge >= 0.3 is 63.1 Å². The zero-order valence-corrected chi connectivity index (χ0v) is 26.5. The molecule has 0 atom stereocenters. The van der Waals surface area contributed by atoms with Crippen molar-refractivity contribution in [2.45, 2.75) is 47.0 Å². The van der Waals surface area contributed by atoms with Crippen LogP contribution >= 0.6 is 46.4 Å². The number of hydrogen-bond acceptors (Lipinski definition) is 5. The molecule has 2 N–H and O–H groups in total. The van der Waals surface area contributed by atoms with Crippen molar-refractivity contribution in [1.82, 2.24) is 0 Å². The molecule has 1 amide bonds. The van der Waals surface area contributed by atoms with Gasteiger partial charge in [-0.05, 0) is 12.1 Å². The highest BCUT2D eigenvalue weighted by Crippen LogP contribution is 2.64. The lowest BCUT2D eigenvalue weighted by molar-refractivity contribution is -0.458.